The van der Waals surface area contributed by atoms with Crippen LogP contribution in [0.15, 0.2) is 6.20 Å². The molecule has 6 nitrogen and oxygen atoms in total. The van der Waals surface area contributed by atoms with Crippen LogP contribution in [-0.2, 0) is 4.79 Å². The lowest BCUT2D eigenvalue weighted by Gasteiger charge is -2.03. The van der Waals surface area contributed by atoms with Gasteiger partial charge >= 0.3 is 5.97 Å². The number of aromatic carboxylic acids is 1. The Morgan fingerprint density at radius 3 is 2.75 bits per heavy atom. The summed E-state index contributed by atoms with van der Waals surface area (Å²) in [5.41, 5.74) is -0.0720. The maximum absolute atomic E-state index is 11.5. The highest BCUT2D eigenvalue weighted by atomic mass is 35.5. The second-order valence-electron chi connectivity index (χ2n) is 3.47. The molecule has 0 saturated heterocycles. The van der Waals surface area contributed by atoms with E-state index in [1.807, 2.05) is 0 Å². The highest BCUT2D eigenvalue weighted by Crippen LogP contribution is 2.53. The molecule has 0 spiro atoms. The normalized spacial score (nSPS) is 21.5. The topological polar surface area (TPSA) is 95.1 Å². The van der Waals surface area contributed by atoms with Crippen LogP contribution in [0.25, 0.3) is 0 Å². The van der Waals surface area contributed by atoms with Gasteiger partial charge < -0.3 is 10.4 Å². The van der Waals surface area contributed by atoms with Crippen LogP contribution in [-0.4, -0.2) is 31.5 Å². The standard InChI is InChI=1S/C8H7Cl2N3O3/c9-8(10)1-3(8)6(14)12-4-2-11-13-5(4)7(15)16/h2-3H,1H2,(H,11,13)(H,12,14)(H,15,16). The number of carboxylic acid groups (broad SMARTS) is 1. The zero-order valence-corrected chi connectivity index (χ0v) is 9.34. The molecule has 1 fully saturated rings. The average Bonchev–Trinajstić information content (AvgIpc) is 2.61. The SMILES string of the molecule is O=C(O)c1[nH]ncc1NC(=O)C1CC1(Cl)Cl. The molecule has 0 aliphatic heterocycles. The zero-order chi connectivity index (χ0) is 11.9. The van der Waals surface area contributed by atoms with Crippen molar-refractivity contribution in [1.29, 1.82) is 0 Å². The lowest BCUT2D eigenvalue weighted by atomic mass is 10.3. The van der Waals surface area contributed by atoms with Crippen LogP contribution in [0.3, 0.4) is 0 Å². The van der Waals surface area contributed by atoms with E-state index in [9.17, 15) is 9.59 Å². The van der Waals surface area contributed by atoms with Crippen LogP contribution >= 0.6 is 23.2 Å². The van der Waals surface area contributed by atoms with Crippen molar-refractivity contribution < 1.29 is 14.7 Å². The van der Waals surface area contributed by atoms with Crippen LogP contribution in [0, 0.1) is 5.92 Å². The summed E-state index contributed by atoms with van der Waals surface area (Å²) in [7, 11) is 0. The van der Waals surface area contributed by atoms with Gasteiger partial charge in [-0.2, -0.15) is 5.10 Å². The van der Waals surface area contributed by atoms with Crippen LogP contribution in [0.2, 0.25) is 0 Å². The fraction of sp³-hybridized carbons (Fsp3) is 0.375. The molecule has 0 radical (unpaired) electrons. The molecule has 1 aromatic heterocycles. The quantitative estimate of drug-likeness (QED) is 0.715. The van der Waals surface area contributed by atoms with Gasteiger partial charge in [-0.05, 0) is 6.42 Å². The highest BCUT2D eigenvalue weighted by molar-refractivity contribution is 6.52. The Bertz CT molecular complexity index is 457. The number of hydrogen-bond donors (Lipinski definition) is 3. The molecule has 1 aliphatic carbocycles. The van der Waals surface area contributed by atoms with E-state index in [1.165, 1.54) is 6.20 Å². The second-order valence-corrected chi connectivity index (χ2v) is 5.01. The Labute approximate surface area is 99.9 Å². The van der Waals surface area contributed by atoms with E-state index in [4.69, 9.17) is 28.3 Å². The van der Waals surface area contributed by atoms with Crippen LogP contribution in [0.1, 0.15) is 16.9 Å². The predicted octanol–water partition coefficient (Wildman–Crippen LogP) is 1.24. The molecule has 1 aromatic rings. The molecular formula is C8H7Cl2N3O3. The molecule has 0 bridgehead atoms. The molecule has 3 N–H and O–H groups in total. The van der Waals surface area contributed by atoms with Gasteiger partial charge in [-0.15, -0.1) is 23.2 Å². The largest absolute Gasteiger partial charge is 0.476 e. The number of aromatic nitrogens is 2. The van der Waals surface area contributed by atoms with E-state index < -0.39 is 22.1 Å². The summed E-state index contributed by atoms with van der Waals surface area (Å²) in [5, 5.41) is 16.9. The third-order valence-corrected chi connectivity index (χ3v) is 3.09. The Kier molecular flexibility index (Phi) is 2.55. The number of anilines is 1. The van der Waals surface area contributed by atoms with E-state index in [1.54, 1.807) is 0 Å². The van der Waals surface area contributed by atoms with E-state index in [-0.39, 0.29) is 11.4 Å². The zero-order valence-electron chi connectivity index (χ0n) is 7.83. The molecule has 8 heteroatoms. The number of nitrogens with one attached hydrogen (secondary N) is 2. The number of H-pyrrole nitrogens is 1. The van der Waals surface area contributed by atoms with E-state index >= 15 is 0 Å². The van der Waals surface area contributed by atoms with Gasteiger partial charge in [0, 0.05) is 0 Å². The highest BCUT2D eigenvalue weighted by Gasteiger charge is 2.56. The number of halogens is 2. The number of rotatable bonds is 3. The fourth-order valence-corrected chi connectivity index (χ4v) is 1.77. The summed E-state index contributed by atoms with van der Waals surface area (Å²) < 4.78 is -1.03. The Morgan fingerprint density at radius 2 is 2.25 bits per heavy atom. The molecule has 1 atom stereocenters. The van der Waals surface area contributed by atoms with Gasteiger partial charge in [0.1, 0.15) is 4.33 Å². The van der Waals surface area contributed by atoms with Crippen molar-refractivity contribution in [2.24, 2.45) is 5.92 Å². The average molecular weight is 264 g/mol. The maximum Gasteiger partial charge on any atom is 0.356 e. The maximum atomic E-state index is 11.5. The lowest BCUT2D eigenvalue weighted by Crippen LogP contribution is -2.18. The Hall–Kier alpha value is -1.27. The first kappa shape index (κ1) is 11.2. The summed E-state index contributed by atoms with van der Waals surface area (Å²) in [5.74, 6) is -2.12. The molecule has 2 rings (SSSR count). The van der Waals surface area contributed by atoms with Gasteiger partial charge in [0.15, 0.2) is 5.69 Å². The van der Waals surface area contributed by atoms with Crippen molar-refractivity contribution in [3.8, 4) is 0 Å². The van der Waals surface area contributed by atoms with Crippen molar-refractivity contribution in [3.05, 3.63) is 11.9 Å². The summed E-state index contributed by atoms with van der Waals surface area (Å²) in [6, 6.07) is 0. The first-order chi connectivity index (χ1) is 7.42. The first-order valence-corrected chi connectivity index (χ1v) is 5.13. The summed E-state index contributed by atoms with van der Waals surface area (Å²) >= 11 is 11.4. The van der Waals surface area contributed by atoms with Crippen molar-refractivity contribution in [1.82, 2.24) is 10.2 Å². The number of aromatic amines is 1. The molecular weight excluding hydrogens is 257 g/mol. The molecule has 1 amide bonds. The summed E-state index contributed by atoms with van der Waals surface area (Å²) in [4.78, 5) is 22.3. The molecule has 86 valence electrons. The van der Waals surface area contributed by atoms with Crippen molar-refractivity contribution in [2.75, 3.05) is 5.32 Å². The number of carbonyl (C=O) groups is 2. The number of nitrogens with zero attached hydrogens (tertiary/aromatic N) is 1. The van der Waals surface area contributed by atoms with Gasteiger partial charge in [-0.3, -0.25) is 9.89 Å². The molecule has 1 heterocycles. The van der Waals surface area contributed by atoms with Gasteiger partial charge in [-0.1, -0.05) is 0 Å². The van der Waals surface area contributed by atoms with Crippen molar-refractivity contribution in [3.63, 3.8) is 0 Å². The van der Waals surface area contributed by atoms with Crippen molar-refractivity contribution in [2.45, 2.75) is 10.8 Å². The van der Waals surface area contributed by atoms with Gasteiger partial charge in [0.2, 0.25) is 5.91 Å². The number of alkyl halides is 2. The fourth-order valence-electron chi connectivity index (χ4n) is 1.26. The second kappa shape index (κ2) is 3.64. The number of carboxylic acids is 1. The first-order valence-electron chi connectivity index (χ1n) is 4.37. The predicted molar refractivity (Wildman–Crippen MR) is 56.7 cm³/mol. The molecule has 1 aliphatic rings. The van der Waals surface area contributed by atoms with Crippen LogP contribution < -0.4 is 5.32 Å². The van der Waals surface area contributed by atoms with Gasteiger partial charge in [0.05, 0.1) is 17.8 Å². The number of carbonyl (C=O) groups excluding carboxylic acids is 1. The third kappa shape index (κ3) is 1.98. The molecule has 1 saturated carbocycles. The van der Waals surface area contributed by atoms with E-state index in [2.05, 4.69) is 15.5 Å². The van der Waals surface area contributed by atoms with Gasteiger partial charge in [-0.25, -0.2) is 4.79 Å². The van der Waals surface area contributed by atoms with Crippen molar-refractivity contribution >= 4 is 40.8 Å². The molecule has 0 aromatic carbocycles. The monoisotopic (exact) mass is 263 g/mol. The van der Waals surface area contributed by atoms with Crippen LogP contribution in [0.5, 0.6) is 0 Å². The van der Waals surface area contributed by atoms with E-state index in [0.717, 1.165) is 0 Å². The molecule has 1 unspecified atom stereocenters. The summed E-state index contributed by atoms with van der Waals surface area (Å²) in [6.07, 6.45) is 1.58. The Balaban J connectivity index is 2.07. The Morgan fingerprint density at radius 1 is 1.62 bits per heavy atom. The minimum absolute atomic E-state index is 0.105. The third-order valence-electron chi connectivity index (χ3n) is 2.25. The smallest absolute Gasteiger partial charge is 0.356 e. The number of amides is 1. The molecule has 16 heavy (non-hydrogen) atoms. The minimum Gasteiger partial charge on any atom is -0.476 e. The lowest BCUT2D eigenvalue weighted by molar-refractivity contribution is -0.117. The van der Waals surface area contributed by atoms with Gasteiger partial charge in [0.25, 0.3) is 0 Å². The van der Waals surface area contributed by atoms with Crippen LogP contribution in [0.4, 0.5) is 5.69 Å². The minimum atomic E-state index is -1.20. The van der Waals surface area contributed by atoms with E-state index in [0.29, 0.717) is 6.42 Å². The summed E-state index contributed by atoms with van der Waals surface area (Å²) in [6.45, 7) is 0. The number of hydrogen-bond acceptors (Lipinski definition) is 3.